The van der Waals surface area contributed by atoms with Crippen LogP contribution in [0, 0.1) is 0 Å². The van der Waals surface area contributed by atoms with Gasteiger partial charge in [-0.05, 0) is 0 Å². The van der Waals surface area contributed by atoms with Gasteiger partial charge < -0.3 is 0 Å². The van der Waals surface area contributed by atoms with Crippen molar-refractivity contribution in [2.75, 3.05) is 5.32 Å². The second kappa shape index (κ2) is 6.46. The first-order valence-electron chi connectivity index (χ1n) is 5.29. The molecule has 0 aliphatic rings. The molecule has 0 radical (unpaired) electrons. The second-order valence-electron chi connectivity index (χ2n) is 3.74. The van der Waals surface area contributed by atoms with Crippen LogP contribution in [0.3, 0.4) is 0 Å². The number of rotatable bonds is 3. The molecule has 0 unspecified atom stereocenters. The number of amides is 1. The van der Waals surface area contributed by atoms with Gasteiger partial charge >= 0.3 is 0 Å². The van der Waals surface area contributed by atoms with E-state index in [0.29, 0.717) is 0 Å². The fourth-order valence-corrected chi connectivity index (χ4v) is 2.85. The van der Waals surface area contributed by atoms with Gasteiger partial charge in [-0.1, -0.05) is 46.4 Å². The molecule has 0 saturated heterocycles. The van der Waals surface area contributed by atoms with Crippen LogP contribution < -0.4 is 5.32 Å². The third kappa shape index (κ3) is 3.46. The van der Waals surface area contributed by atoms with Crippen LogP contribution in [0.1, 0.15) is 27.9 Å². The zero-order valence-electron chi connectivity index (χ0n) is 10.2. The molecule has 0 bridgehead atoms. The van der Waals surface area contributed by atoms with E-state index in [1.54, 1.807) is 0 Å². The monoisotopic (exact) mass is 383 g/mol. The van der Waals surface area contributed by atoms with Gasteiger partial charge in [0, 0.05) is 12.3 Å². The first-order chi connectivity index (χ1) is 9.81. The van der Waals surface area contributed by atoms with E-state index in [1.807, 2.05) is 0 Å². The number of carbonyl (C=O) groups is 2. The molecule has 1 N–H and O–H groups in total. The summed E-state index contributed by atoms with van der Waals surface area (Å²) in [5.74, 6) is -0.870. The maximum atomic E-state index is 12.1. The van der Waals surface area contributed by atoms with Crippen molar-refractivity contribution in [3.8, 4) is 0 Å². The number of hydrogen-bond donors (Lipinski definition) is 1. The van der Waals surface area contributed by atoms with Crippen LogP contribution in [0.2, 0.25) is 20.2 Å². The standard InChI is InChI=1S/C11H5Cl4N3O2S/c1-3(19)4-2-21-11(16-4)18-10(20)8-6(13)5(12)7(14)9(15)17-8/h2H,1H3,(H,16,18,20). The molecule has 1 amide bonds. The van der Waals surface area contributed by atoms with Crippen LogP contribution in [-0.4, -0.2) is 21.7 Å². The Kier molecular flexibility index (Phi) is 5.06. The predicted molar refractivity (Wildman–Crippen MR) is 84.3 cm³/mol. The van der Waals surface area contributed by atoms with E-state index in [2.05, 4.69) is 15.3 Å². The summed E-state index contributed by atoms with van der Waals surface area (Å²) in [6.45, 7) is 1.37. The minimum absolute atomic E-state index is 0.0343. The lowest BCUT2D eigenvalue weighted by molar-refractivity contribution is 0.100. The predicted octanol–water partition coefficient (Wildman–Crippen LogP) is 4.61. The summed E-state index contributed by atoms with van der Waals surface area (Å²) in [4.78, 5) is 31.0. The number of nitrogens with zero attached hydrogens (tertiary/aromatic N) is 2. The lowest BCUT2D eigenvalue weighted by Crippen LogP contribution is -2.15. The molecule has 21 heavy (non-hydrogen) atoms. The second-order valence-corrected chi connectivity index (χ2v) is 6.09. The van der Waals surface area contributed by atoms with Crippen LogP contribution in [0.25, 0.3) is 0 Å². The van der Waals surface area contributed by atoms with Crippen LogP contribution in [0.4, 0.5) is 5.13 Å². The van der Waals surface area contributed by atoms with Crippen molar-refractivity contribution in [3.63, 3.8) is 0 Å². The first-order valence-corrected chi connectivity index (χ1v) is 7.68. The molecule has 110 valence electrons. The van der Waals surface area contributed by atoms with E-state index in [9.17, 15) is 9.59 Å². The summed E-state index contributed by atoms with van der Waals surface area (Å²) in [5.41, 5.74) is 0.0668. The van der Waals surface area contributed by atoms with Crippen molar-refractivity contribution in [2.24, 2.45) is 0 Å². The highest BCUT2D eigenvalue weighted by Gasteiger charge is 2.21. The molecule has 10 heteroatoms. The van der Waals surface area contributed by atoms with Gasteiger partial charge in [-0.25, -0.2) is 9.97 Å². The molecule has 0 aromatic carbocycles. The van der Waals surface area contributed by atoms with Gasteiger partial charge in [0.1, 0.15) is 10.8 Å². The first kappa shape index (κ1) is 16.5. The summed E-state index contributed by atoms with van der Waals surface area (Å²) in [5, 5.41) is 3.85. The lowest BCUT2D eigenvalue weighted by Gasteiger charge is -2.07. The summed E-state index contributed by atoms with van der Waals surface area (Å²) >= 11 is 24.4. The van der Waals surface area contributed by atoms with E-state index < -0.39 is 5.91 Å². The van der Waals surface area contributed by atoms with Crippen molar-refractivity contribution >= 4 is 74.6 Å². The SMILES string of the molecule is CC(=O)c1csc(NC(=O)c2nc(Cl)c(Cl)c(Cl)c2Cl)n1. The summed E-state index contributed by atoms with van der Waals surface area (Å²) in [6.07, 6.45) is 0. The van der Waals surface area contributed by atoms with E-state index in [-0.39, 0.29) is 42.5 Å². The highest BCUT2D eigenvalue weighted by Crippen LogP contribution is 2.36. The molecular weight excluding hydrogens is 380 g/mol. The minimum Gasteiger partial charge on any atom is -0.296 e. The average Bonchev–Trinajstić information content (AvgIpc) is 2.89. The van der Waals surface area contributed by atoms with Gasteiger partial charge in [-0.15, -0.1) is 11.3 Å². The van der Waals surface area contributed by atoms with Crippen LogP contribution in [-0.2, 0) is 0 Å². The maximum absolute atomic E-state index is 12.1. The van der Waals surface area contributed by atoms with E-state index >= 15 is 0 Å². The molecule has 2 aromatic rings. The molecule has 0 spiro atoms. The van der Waals surface area contributed by atoms with Crippen molar-refractivity contribution in [1.82, 2.24) is 9.97 Å². The van der Waals surface area contributed by atoms with Gasteiger partial charge in [0.05, 0.1) is 15.1 Å². The maximum Gasteiger partial charge on any atom is 0.277 e. The normalized spacial score (nSPS) is 10.5. The number of pyridine rings is 1. The Morgan fingerprint density at radius 1 is 1.10 bits per heavy atom. The Hall–Kier alpha value is -0.920. The largest absolute Gasteiger partial charge is 0.296 e. The van der Waals surface area contributed by atoms with Crippen LogP contribution >= 0.6 is 57.7 Å². The topological polar surface area (TPSA) is 72.0 Å². The summed E-state index contributed by atoms with van der Waals surface area (Å²) < 4.78 is 0. The Labute approximate surface area is 143 Å². The Bertz CT molecular complexity index is 747. The third-order valence-electron chi connectivity index (χ3n) is 2.28. The zero-order chi connectivity index (χ0) is 15.7. The number of Topliss-reactive ketones (excluding diaryl/α,β-unsaturated/α-hetero) is 1. The molecular formula is C11H5Cl4N3O2S. The lowest BCUT2D eigenvalue weighted by atomic mass is 10.3. The van der Waals surface area contributed by atoms with E-state index in [4.69, 9.17) is 46.4 Å². The fourth-order valence-electron chi connectivity index (χ4n) is 1.29. The third-order valence-corrected chi connectivity index (χ3v) is 4.72. The van der Waals surface area contributed by atoms with E-state index in [1.165, 1.54) is 12.3 Å². The number of hydrogen-bond acceptors (Lipinski definition) is 5. The molecule has 5 nitrogen and oxygen atoms in total. The fraction of sp³-hybridized carbons (Fsp3) is 0.0909. The van der Waals surface area contributed by atoms with E-state index in [0.717, 1.165) is 11.3 Å². The molecule has 0 aliphatic heterocycles. The molecule has 0 fully saturated rings. The Balaban J connectivity index is 2.30. The van der Waals surface area contributed by atoms with Crippen LogP contribution in [0.5, 0.6) is 0 Å². The van der Waals surface area contributed by atoms with Crippen molar-refractivity contribution in [3.05, 3.63) is 37.0 Å². The van der Waals surface area contributed by atoms with Crippen molar-refractivity contribution < 1.29 is 9.59 Å². The molecule has 2 rings (SSSR count). The number of nitrogens with one attached hydrogen (secondary N) is 1. The van der Waals surface area contributed by atoms with Crippen LogP contribution in [0.15, 0.2) is 5.38 Å². The quantitative estimate of drug-likeness (QED) is 0.619. The smallest absolute Gasteiger partial charge is 0.277 e. The number of carbonyl (C=O) groups excluding carboxylic acids is 2. The summed E-state index contributed by atoms with van der Waals surface area (Å²) in [7, 11) is 0. The Morgan fingerprint density at radius 3 is 2.33 bits per heavy atom. The number of aromatic nitrogens is 2. The molecule has 0 aliphatic carbocycles. The van der Waals surface area contributed by atoms with Gasteiger partial charge in [0.25, 0.3) is 5.91 Å². The highest BCUT2D eigenvalue weighted by atomic mass is 35.5. The highest BCUT2D eigenvalue weighted by molar-refractivity contribution is 7.14. The number of ketones is 1. The number of halogens is 4. The van der Waals surface area contributed by atoms with Gasteiger partial charge in [0.15, 0.2) is 16.6 Å². The van der Waals surface area contributed by atoms with Gasteiger partial charge in [-0.3, -0.25) is 14.9 Å². The molecule has 0 atom stereocenters. The number of thiazole rings is 1. The molecule has 0 saturated carbocycles. The van der Waals surface area contributed by atoms with Crippen molar-refractivity contribution in [1.29, 1.82) is 0 Å². The van der Waals surface area contributed by atoms with Gasteiger partial charge in [0.2, 0.25) is 0 Å². The Morgan fingerprint density at radius 2 is 1.76 bits per heavy atom. The minimum atomic E-state index is -0.662. The number of anilines is 1. The summed E-state index contributed by atoms with van der Waals surface area (Å²) in [6, 6.07) is 0. The van der Waals surface area contributed by atoms with Gasteiger partial charge in [-0.2, -0.15) is 0 Å². The zero-order valence-corrected chi connectivity index (χ0v) is 14.0. The van der Waals surface area contributed by atoms with Crippen molar-refractivity contribution in [2.45, 2.75) is 6.92 Å². The average molecular weight is 385 g/mol. The molecule has 2 aromatic heterocycles. The molecule has 2 heterocycles.